The second-order valence-corrected chi connectivity index (χ2v) is 5.70. The number of benzene rings is 1. The van der Waals surface area contributed by atoms with Gasteiger partial charge in [0.2, 0.25) is 0 Å². The molecule has 1 aromatic carbocycles. The maximum absolute atomic E-state index is 6.08. The molecule has 0 amide bonds. The molecule has 0 aliphatic heterocycles. The molecule has 1 saturated carbocycles. The Balaban J connectivity index is 2.11. The molecule has 1 aliphatic carbocycles. The number of likely N-dealkylation sites (N-methyl/N-ethyl adjacent to an activating group) is 1. The monoisotopic (exact) mass is 266 g/mol. The predicted molar refractivity (Wildman–Crippen MR) is 77.9 cm³/mol. The van der Waals surface area contributed by atoms with Crippen molar-refractivity contribution in [2.75, 3.05) is 13.6 Å². The molecule has 2 rings (SSSR count). The lowest BCUT2D eigenvalue weighted by Crippen LogP contribution is -2.39. The Bertz CT molecular complexity index is 375. The van der Waals surface area contributed by atoms with Gasteiger partial charge in [-0.05, 0) is 37.6 Å². The maximum Gasteiger partial charge on any atom is 0.0470 e. The molecule has 100 valence electrons. The molecule has 0 heterocycles. The minimum absolute atomic E-state index is 0.284. The molecule has 1 unspecified atom stereocenters. The number of hydrogen-bond acceptors (Lipinski definition) is 2. The minimum Gasteiger partial charge on any atom is -0.329 e. The molecule has 1 atom stereocenters. The van der Waals surface area contributed by atoms with Gasteiger partial charge in [0.25, 0.3) is 0 Å². The van der Waals surface area contributed by atoms with Crippen molar-refractivity contribution >= 4 is 11.6 Å². The van der Waals surface area contributed by atoms with E-state index in [1.165, 1.54) is 37.7 Å². The number of nitrogens with zero attached hydrogens (tertiary/aromatic N) is 1. The third-order valence-electron chi connectivity index (χ3n) is 4.10. The topological polar surface area (TPSA) is 29.3 Å². The van der Waals surface area contributed by atoms with E-state index in [1.54, 1.807) is 0 Å². The predicted octanol–water partition coefficient (Wildman–Crippen LogP) is 3.60. The summed E-state index contributed by atoms with van der Waals surface area (Å²) < 4.78 is 0. The SMILES string of the molecule is CN(C1CCCCC1)C(CN)c1cccc(Cl)c1. The first-order chi connectivity index (χ1) is 8.72. The van der Waals surface area contributed by atoms with Crippen molar-refractivity contribution < 1.29 is 0 Å². The van der Waals surface area contributed by atoms with E-state index in [1.807, 2.05) is 18.2 Å². The van der Waals surface area contributed by atoms with Crippen LogP contribution in [0.1, 0.15) is 43.7 Å². The van der Waals surface area contributed by atoms with Crippen LogP contribution >= 0.6 is 11.6 Å². The number of rotatable bonds is 4. The van der Waals surface area contributed by atoms with E-state index < -0.39 is 0 Å². The van der Waals surface area contributed by atoms with Crippen LogP contribution < -0.4 is 5.73 Å². The van der Waals surface area contributed by atoms with Gasteiger partial charge in [-0.25, -0.2) is 0 Å². The Labute approximate surface area is 115 Å². The normalized spacial score (nSPS) is 19.1. The van der Waals surface area contributed by atoms with Crippen LogP contribution in [0.4, 0.5) is 0 Å². The van der Waals surface area contributed by atoms with Crippen molar-refractivity contribution in [3.8, 4) is 0 Å². The summed E-state index contributed by atoms with van der Waals surface area (Å²) in [6, 6.07) is 9.05. The fourth-order valence-electron chi connectivity index (χ4n) is 2.99. The van der Waals surface area contributed by atoms with Gasteiger partial charge in [-0.1, -0.05) is 43.0 Å². The van der Waals surface area contributed by atoms with Gasteiger partial charge < -0.3 is 5.73 Å². The Morgan fingerprint density at radius 2 is 2.06 bits per heavy atom. The van der Waals surface area contributed by atoms with Crippen molar-refractivity contribution in [2.45, 2.75) is 44.2 Å². The van der Waals surface area contributed by atoms with Crippen LogP contribution in [-0.4, -0.2) is 24.5 Å². The maximum atomic E-state index is 6.08. The van der Waals surface area contributed by atoms with E-state index in [9.17, 15) is 0 Å². The molecule has 18 heavy (non-hydrogen) atoms. The Morgan fingerprint density at radius 1 is 1.33 bits per heavy atom. The highest BCUT2D eigenvalue weighted by Gasteiger charge is 2.24. The van der Waals surface area contributed by atoms with Crippen molar-refractivity contribution in [1.29, 1.82) is 0 Å². The molecular formula is C15H23ClN2. The molecule has 0 bridgehead atoms. The second-order valence-electron chi connectivity index (χ2n) is 5.26. The molecule has 0 spiro atoms. The zero-order valence-electron chi connectivity index (χ0n) is 11.1. The van der Waals surface area contributed by atoms with Crippen molar-refractivity contribution in [2.24, 2.45) is 5.73 Å². The van der Waals surface area contributed by atoms with Crippen molar-refractivity contribution in [1.82, 2.24) is 4.90 Å². The van der Waals surface area contributed by atoms with E-state index in [0.29, 0.717) is 12.6 Å². The van der Waals surface area contributed by atoms with Gasteiger partial charge in [-0.2, -0.15) is 0 Å². The van der Waals surface area contributed by atoms with E-state index in [2.05, 4.69) is 18.0 Å². The van der Waals surface area contributed by atoms with Gasteiger partial charge >= 0.3 is 0 Å². The summed E-state index contributed by atoms with van der Waals surface area (Å²) in [6.45, 7) is 0.646. The Morgan fingerprint density at radius 3 is 2.67 bits per heavy atom. The fourth-order valence-corrected chi connectivity index (χ4v) is 3.19. The largest absolute Gasteiger partial charge is 0.329 e. The van der Waals surface area contributed by atoms with Crippen LogP contribution in [0.25, 0.3) is 0 Å². The van der Waals surface area contributed by atoms with Crippen molar-refractivity contribution in [3.05, 3.63) is 34.9 Å². The van der Waals surface area contributed by atoms with Gasteiger partial charge in [0.1, 0.15) is 0 Å². The molecule has 2 N–H and O–H groups in total. The second kappa shape index (κ2) is 6.55. The Hall–Kier alpha value is -0.570. The van der Waals surface area contributed by atoms with Gasteiger partial charge in [0, 0.05) is 23.7 Å². The number of nitrogens with two attached hydrogens (primary N) is 1. The third kappa shape index (κ3) is 3.25. The summed E-state index contributed by atoms with van der Waals surface area (Å²) in [4.78, 5) is 2.45. The molecule has 1 aromatic rings. The van der Waals surface area contributed by atoms with Gasteiger partial charge in [-0.15, -0.1) is 0 Å². The van der Waals surface area contributed by atoms with Gasteiger partial charge in [0.05, 0.1) is 0 Å². The molecular weight excluding hydrogens is 244 g/mol. The lowest BCUT2D eigenvalue weighted by atomic mass is 9.92. The molecule has 0 radical (unpaired) electrons. The average molecular weight is 267 g/mol. The highest BCUT2D eigenvalue weighted by molar-refractivity contribution is 6.30. The lowest BCUT2D eigenvalue weighted by Gasteiger charge is -2.37. The van der Waals surface area contributed by atoms with E-state index in [4.69, 9.17) is 17.3 Å². The zero-order valence-corrected chi connectivity index (χ0v) is 11.9. The molecule has 1 fully saturated rings. The van der Waals surface area contributed by atoms with Crippen LogP contribution in [0.15, 0.2) is 24.3 Å². The molecule has 0 saturated heterocycles. The summed E-state index contributed by atoms with van der Waals surface area (Å²) in [7, 11) is 2.20. The molecule has 2 nitrogen and oxygen atoms in total. The van der Waals surface area contributed by atoms with E-state index in [-0.39, 0.29) is 6.04 Å². The summed E-state index contributed by atoms with van der Waals surface area (Å²) in [5, 5.41) is 0.794. The highest BCUT2D eigenvalue weighted by atomic mass is 35.5. The van der Waals surface area contributed by atoms with Gasteiger partial charge in [-0.3, -0.25) is 4.90 Å². The fraction of sp³-hybridized carbons (Fsp3) is 0.600. The van der Waals surface area contributed by atoms with Crippen molar-refractivity contribution in [3.63, 3.8) is 0 Å². The summed E-state index contributed by atoms with van der Waals surface area (Å²) in [5.74, 6) is 0. The first-order valence-electron chi connectivity index (χ1n) is 6.90. The van der Waals surface area contributed by atoms with Crippen LogP contribution in [0.2, 0.25) is 5.02 Å². The summed E-state index contributed by atoms with van der Waals surface area (Å²) in [6.07, 6.45) is 6.68. The summed E-state index contributed by atoms with van der Waals surface area (Å²) in [5.41, 5.74) is 7.21. The minimum atomic E-state index is 0.284. The first-order valence-corrected chi connectivity index (χ1v) is 7.27. The Kier molecular flexibility index (Phi) is 5.04. The quantitative estimate of drug-likeness (QED) is 0.902. The van der Waals surface area contributed by atoms with E-state index in [0.717, 1.165) is 5.02 Å². The van der Waals surface area contributed by atoms with Gasteiger partial charge in [0.15, 0.2) is 0 Å². The summed E-state index contributed by atoms with van der Waals surface area (Å²) >= 11 is 6.08. The lowest BCUT2D eigenvalue weighted by molar-refractivity contribution is 0.141. The highest BCUT2D eigenvalue weighted by Crippen LogP contribution is 2.29. The van der Waals surface area contributed by atoms with E-state index >= 15 is 0 Å². The molecule has 0 aromatic heterocycles. The smallest absolute Gasteiger partial charge is 0.0470 e. The number of hydrogen-bond donors (Lipinski definition) is 1. The first kappa shape index (κ1) is 13.9. The third-order valence-corrected chi connectivity index (χ3v) is 4.33. The van der Waals surface area contributed by atoms with Crippen LogP contribution in [0, 0.1) is 0 Å². The standard InChI is InChI=1S/C15H23ClN2/c1-18(14-8-3-2-4-9-14)15(11-17)12-6-5-7-13(16)10-12/h5-7,10,14-15H,2-4,8-9,11,17H2,1H3. The van der Waals surface area contributed by atoms with Crippen LogP contribution in [0.5, 0.6) is 0 Å². The van der Waals surface area contributed by atoms with Crippen LogP contribution in [-0.2, 0) is 0 Å². The number of halogens is 1. The molecule has 1 aliphatic rings. The molecule has 3 heteroatoms. The zero-order chi connectivity index (χ0) is 13.0. The average Bonchev–Trinajstić information content (AvgIpc) is 2.40. The van der Waals surface area contributed by atoms with Crippen LogP contribution in [0.3, 0.4) is 0 Å².